The summed E-state index contributed by atoms with van der Waals surface area (Å²) in [5.74, 6) is 0. The highest BCUT2D eigenvalue weighted by atomic mass is 16.3. The van der Waals surface area contributed by atoms with Crippen LogP contribution in [-0.2, 0) is 0 Å². The van der Waals surface area contributed by atoms with E-state index < -0.39 is 17.3 Å². The Balaban J connectivity index is 2.21. The van der Waals surface area contributed by atoms with E-state index in [1.54, 1.807) is 19.9 Å². The van der Waals surface area contributed by atoms with E-state index in [-0.39, 0.29) is 5.56 Å². The van der Waals surface area contributed by atoms with Crippen LogP contribution in [0.5, 0.6) is 0 Å². The molecule has 24 heavy (non-hydrogen) atoms. The van der Waals surface area contributed by atoms with Crippen molar-refractivity contribution in [2.75, 3.05) is 18.0 Å². The SMILES string of the molecule is CC(O)c1cc2c(N3CCC(C)(O)CC3)c(C#N)c(=O)[nH]c2cn1. The molecule has 1 aliphatic heterocycles. The summed E-state index contributed by atoms with van der Waals surface area (Å²) >= 11 is 0. The van der Waals surface area contributed by atoms with Gasteiger partial charge in [0.2, 0.25) is 0 Å². The molecule has 7 heteroatoms. The molecule has 1 fully saturated rings. The van der Waals surface area contributed by atoms with Gasteiger partial charge in [0.25, 0.3) is 5.56 Å². The maximum Gasteiger partial charge on any atom is 0.268 e. The molecule has 1 atom stereocenters. The molecule has 1 aliphatic rings. The average molecular weight is 328 g/mol. The molecule has 7 nitrogen and oxygen atoms in total. The quantitative estimate of drug-likeness (QED) is 0.763. The van der Waals surface area contributed by atoms with E-state index in [0.717, 1.165) is 0 Å². The lowest BCUT2D eigenvalue weighted by Crippen LogP contribution is -2.43. The van der Waals surface area contributed by atoms with Gasteiger partial charge in [0, 0.05) is 18.5 Å². The number of aliphatic hydroxyl groups is 2. The third-order valence-corrected chi connectivity index (χ3v) is 4.59. The number of aromatic nitrogens is 2. The molecule has 0 spiro atoms. The second-order valence-corrected chi connectivity index (χ2v) is 6.60. The molecule has 0 radical (unpaired) electrons. The van der Waals surface area contributed by atoms with Crippen molar-refractivity contribution in [3.63, 3.8) is 0 Å². The Kier molecular flexibility index (Phi) is 4.03. The second kappa shape index (κ2) is 5.89. The number of anilines is 1. The molecule has 1 unspecified atom stereocenters. The third kappa shape index (κ3) is 2.86. The minimum Gasteiger partial charge on any atom is -0.390 e. The normalized spacial score (nSPS) is 18.4. The van der Waals surface area contributed by atoms with Gasteiger partial charge in [-0.05, 0) is 32.8 Å². The third-order valence-electron chi connectivity index (χ3n) is 4.59. The van der Waals surface area contributed by atoms with Gasteiger partial charge in [-0.3, -0.25) is 9.78 Å². The first-order valence-electron chi connectivity index (χ1n) is 7.94. The summed E-state index contributed by atoms with van der Waals surface area (Å²) in [6.07, 6.45) is 1.87. The van der Waals surface area contributed by atoms with E-state index in [0.29, 0.717) is 48.2 Å². The fourth-order valence-corrected chi connectivity index (χ4v) is 3.07. The summed E-state index contributed by atoms with van der Waals surface area (Å²) in [4.78, 5) is 21.0. The number of hydrogen-bond acceptors (Lipinski definition) is 6. The lowest BCUT2D eigenvalue weighted by Gasteiger charge is -2.37. The van der Waals surface area contributed by atoms with E-state index in [2.05, 4.69) is 9.97 Å². The molecular formula is C17H20N4O3. The Labute approximate surface area is 139 Å². The Morgan fingerprint density at radius 2 is 2.12 bits per heavy atom. The fraction of sp³-hybridized carbons (Fsp3) is 0.471. The number of rotatable bonds is 2. The molecule has 2 aromatic heterocycles. The van der Waals surface area contributed by atoms with Crippen molar-refractivity contribution < 1.29 is 10.2 Å². The molecule has 0 amide bonds. The zero-order valence-electron chi connectivity index (χ0n) is 13.7. The molecule has 3 N–H and O–H groups in total. The number of fused-ring (bicyclic) bond motifs is 1. The molecule has 126 valence electrons. The van der Waals surface area contributed by atoms with Gasteiger partial charge in [0.05, 0.1) is 34.8 Å². The first kappa shape index (κ1) is 16.4. The minimum absolute atomic E-state index is 0.0479. The number of hydrogen-bond donors (Lipinski definition) is 3. The van der Waals surface area contributed by atoms with Crippen molar-refractivity contribution in [3.8, 4) is 6.07 Å². The smallest absolute Gasteiger partial charge is 0.268 e. The van der Waals surface area contributed by atoms with E-state index in [4.69, 9.17) is 0 Å². The summed E-state index contributed by atoms with van der Waals surface area (Å²) in [5, 5.41) is 30.1. The number of pyridine rings is 2. The first-order chi connectivity index (χ1) is 11.3. The average Bonchev–Trinajstić information content (AvgIpc) is 2.53. The number of nitriles is 1. The molecular weight excluding hydrogens is 308 g/mol. The number of aliphatic hydroxyl groups excluding tert-OH is 1. The van der Waals surface area contributed by atoms with Crippen LogP contribution in [0.15, 0.2) is 17.1 Å². The summed E-state index contributed by atoms with van der Waals surface area (Å²) in [5.41, 5.74) is 0.415. The van der Waals surface area contributed by atoms with Crippen molar-refractivity contribution in [1.29, 1.82) is 5.26 Å². The van der Waals surface area contributed by atoms with Gasteiger partial charge in [-0.25, -0.2) is 0 Å². The standard InChI is InChI=1S/C17H20N4O3/c1-10(22)13-7-11-14(9-19-13)20-16(23)12(8-18)15(11)21-5-3-17(2,24)4-6-21/h7,9-10,22,24H,3-6H2,1-2H3,(H,20,23). The number of aromatic amines is 1. The van der Waals surface area contributed by atoms with Gasteiger partial charge in [-0.1, -0.05) is 0 Å². The topological polar surface area (TPSA) is 113 Å². The van der Waals surface area contributed by atoms with Crippen LogP contribution in [0.1, 0.15) is 44.1 Å². The van der Waals surface area contributed by atoms with Crippen molar-refractivity contribution in [3.05, 3.63) is 33.9 Å². The van der Waals surface area contributed by atoms with E-state index >= 15 is 0 Å². The fourth-order valence-electron chi connectivity index (χ4n) is 3.07. The lowest BCUT2D eigenvalue weighted by atomic mass is 9.93. The highest BCUT2D eigenvalue weighted by Gasteiger charge is 2.30. The molecule has 3 heterocycles. The Bertz CT molecular complexity index is 870. The lowest BCUT2D eigenvalue weighted by molar-refractivity contribution is 0.0352. The first-order valence-corrected chi connectivity index (χ1v) is 7.94. The molecule has 2 aromatic rings. The largest absolute Gasteiger partial charge is 0.390 e. The molecule has 0 bridgehead atoms. The molecule has 0 saturated carbocycles. The van der Waals surface area contributed by atoms with E-state index in [1.165, 1.54) is 6.20 Å². The van der Waals surface area contributed by atoms with Gasteiger partial charge in [0.1, 0.15) is 11.6 Å². The van der Waals surface area contributed by atoms with Crippen molar-refractivity contribution >= 4 is 16.6 Å². The number of H-pyrrole nitrogens is 1. The zero-order chi connectivity index (χ0) is 17.5. The van der Waals surface area contributed by atoms with Gasteiger partial charge < -0.3 is 20.1 Å². The minimum atomic E-state index is -0.748. The van der Waals surface area contributed by atoms with Crippen LogP contribution in [0.4, 0.5) is 5.69 Å². The number of piperidine rings is 1. The molecule has 0 aromatic carbocycles. The summed E-state index contributed by atoms with van der Waals surface area (Å²) < 4.78 is 0. The summed E-state index contributed by atoms with van der Waals surface area (Å²) in [6, 6.07) is 3.70. The van der Waals surface area contributed by atoms with Crippen LogP contribution in [0.2, 0.25) is 0 Å². The van der Waals surface area contributed by atoms with Crippen LogP contribution in [0.3, 0.4) is 0 Å². The number of nitrogens with zero attached hydrogens (tertiary/aromatic N) is 3. The highest BCUT2D eigenvalue weighted by Crippen LogP contribution is 2.32. The molecule has 3 rings (SSSR count). The van der Waals surface area contributed by atoms with Crippen LogP contribution in [0, 0.1) is 11.3 Å². The van der Waals surface area contributed by atoms with Crippen LogP contribution >= 0.6 is 0 Å². The summed E-state index contributed by atoms with van der Waals surface area (Å²) in [6.45, 7) is 4.50. The van der Waals surface area contributed by atoms with E-state index in [1.807, 2.05) is 11.0 Å². The van der Waals surface area contributed by atoms with Crippen LogP contribution in [0.25, 0.3) is 10.9 Å². The molecule has 0 aliphatic carbocycles. The predicted octanol–water partition coefficient (Wildman–Crippen LogP) is 1.20. The monoisotopic (exact) mass is 328 g/mol. The van der Waals surface area contributed by atoms with Gasteiger partial charge in [0.15, 0.2) is 0 Å². The predicted molar refractivity (Wildman–Crippen MR) is 89.8 cm³/mol. The zero-order valence-corrected chi connectivity index (χ0v) is 13.7. The van der Waals surface area contributed by atoms with Crippen LogP contribution in [-0.4, -0.2) is 38.9 Å². The van der Waals surface area contributed by atoms with Crippen molar-refractivity contribution in [2.45, 2.75) is 38.4 Å². The van der Waals surface area contributed by atoms with Crippen LogP contribution < -0.4 is 10.5 Å². The maximum atomic E-state index is 12.2. The van der Waals surface area contributed by atoms with Crippen molar-refractivity contribution in [1.82, 2.24) is 9.97 Å². The maximum absolute atomic E-state index is 12.2. The summed E-state index contributed by atoms with van der Waals surface area (Å²) in [7, 11) is 0. The van der Waals surface area contributed by atoms with Gasteiger partial charge in [-0.2, -0.15) is 5.26 Å². The molecule has 1 saturated heterocycles. The second-order valence-electron chi connectivity index (χ2n) is 6.60. The Hall–Kier alpha value is -2.43. The van der Waals surface area contributed by atoms with Crippen molar-refractivity contribution in [2.24, 2.45) is 0 Å². The number of nitrogens with one attached hydrogen (secondary N) is 1. The highest BCUT2D eigenvalue weighted by molar-refractivity contribution is 5.94. The van der Waals surface area contributed by atoms with Gasteiger partial charge in [-0.15, -0.1) is 0 Å². The van der Waals surface area contributed by atoms with Gasteiger partial charge >= 0.3 is 0 Å². The Morgan fingerprint density at radius 1 is 1.46 bits per heavy atom. The van der Waals surface area contributed by atoms with E-state index in [9.17, 15) is 20.3 Å². The Morgan fingerprint density at radius 3 is 2.71 bits per heavy atom.